The number of aromatic nitrogens is 2. The number of piperidine rings is 1. The second-order valence-electron chi connectivity index (χ2n) is 7.23. The van der Waals surface area contributed by atoms with Gasteiger partial charge in [-0.25, -0.2) is 9.78 Å². The summed E-state index contributed by atoms with van der Waals surface area (Å²) >= 11 is 6.27. The maximum Gasteiger partial charge on any atom is 0.321 e. The number of fused-ring (bicyclic) bond motifs is 1. The van der Waals surface area contributed by atoms with E-state index in [0.29, 0.717) is 29.5 Å². The molecular weight excluding hydrogens is 390 g/mol. The van der Waals surface area contributed by atoms with Gasteiger partial charge in [0.05, 0.1) is 21.7 Å². The molecule has 8 heteroatoms. The van der Waals surface area contributed by atoms with Crippen molar-refractivity contribution in [2.24, 2.45) is 0 Å². The van der Waals surface area contributed by atoms with Crippen LogP contribution in [0.3, 0.4) is 0 Å². The van der Waals surface area contributed by atoms with Crippen molar-refractivity contribution in [1.82, 2.24) is 14.9 Å². The molecular formula is C21H22ClN5O2. The number of carbonyl (C=O) groups excluding carboxylic acids is 2. The van der Waals surface area contributed by atoms with Gasteiger partial charge in [-0.1, -0.05) is 23.7 Å². The van der Waals surface area contributed by atoms with E-state index in [2.05, 4.69) is 15.6 Å². The van der Waals surface area contributed by atoms with Gasteiger partial charge in [-0.2, -0.15) is 0 Å². The van der Waals surface area contributed by atoms with Crippen LogP contribution in [0.5, 0.6) is 0 Å². The van der Waals surface area contributed by atoms with E-state index in [-0.39, 0.29) is 17.9 Å². The minimum Gasteiger partial charge on any atom is -0.342 e. The first kappa shape index (κ1) is 19.3. The molecule has 29 heavy (non-hydrogen) atoms. The summed E-state index contributed by atoms with van der Waals surface area (Å²) < 4.78 is 0. The van der Waals surface area contributed by atoms with Crippen LogP contribution < -0.4 is 10.6 Å². The van der Waals surface area contributed by atoms with Gasteiger partial charge in [0.25, 0.3) is 0 Å². The zero-order valence-electron chi connectivity index (χ0n) is 16.0. The van der Waals surface area contributed by atoms with Crippen LogP contribution in [-0.2, 0) is 4.79 Å². The molecule has 1 aliphatic heterocycles. The molecule has 1 saturated heterocycles. The van der Waals surface area contributed by atoms with Gasteiger partial charge in [-0.3, -0.25) is 4.79 Å². The van der Waals surface area contributed by atoms with Crippen molar-refractivity contribution >= 4 is 45.9 Å². The minimum atomic E-state index is -0.194. The van der Waals surface area contributed by atoms with Crippen LogP contribution in [0, 0.1) is 0 Å². The predicted molar refractivity (Wildman–Crippen MR) is 114 cm³/mol. The molecule has 3 aromatic rings. The highest BCUT2D eigenvalue weighted by Crippen LogP contribution is 2.29. The Hall–Kier alpha value is -3.06. The second-order valence-corrected chi connectivity index (χ2v) is 7.64. The first-order valence-corrected chi connectivity index (χ1v) is 9.95. The Morgan fingerprint density at radius 3 is 2.79 bits per heavy atom. The molecule has 0 aliphatic carbocycles. The standard InChI is InChI=1S/C21H22ClN5O2/c1-13(28)23-15-8-9-17(16(22)11-15)26-21(29)27-10-4-5-14(12-27)20-24-18-6-2-3-7-19(18)25-20/h2-3,6-9,11,14H,4-5,10,12H2,1H3,(H,23,28)(H,24,25)(H,26,29). The Bertz CT molecular complexity index is 1030. The van der Waals surface area contributed by atoms with Gasteiger partial charge in [0, 0.05) is 31.6 Å². The molecule has 3 N–H and O–H groups in total. The molecule has 0 bridgehead atoms. The van der Waals surface area contributed by atoms with Gasteiger partial charge in [0.1, 0.15) is 5.82 Å². The van der Waals surface area contributed by atoms with Gasteiger partial charge in [0.2, 0.25) is 5.91 Å². The summed E-state index contributed by atoms with van der Waals surface area (Å²) in [5.74, 6) is 0.906. The molecule has 2 heterocycles. The largest absolute Gasteiger partial charge is 0.342 e. The smallest absolute Gasteiger partial charge is 0.321 e. The average Bonchev–Trinajstić information content (AvgIpc) is 3.14. The third-order valence-electron chi connectivity index (χ3n) is 5.03. The summed E-state index contributed by atoms with van der Waals surface area (Å²) in [6.45, 7) is 2.70. The lowest BCUT2D eigenvalue weighted by atomic mass is 9.97. The number of anilines is 2. The number of hydrogen-bond acceptors (Lipinski definition) is 3. The molecule has 1 fully saturated rings. The fourth-order valence-corrected chi connectivity index (χ4v) is 3.87. The molecule has 150 valence electrons. The quantitative estimate of drug-likeness (QED) is 0.588. The number of para-hydroxylation sites is 2. The van der Waals surface area contributed by atoms with Crippen molar-refractivity contribution in [2.45, 2.75) is 25.7 Å². The third kappa shape index (κ3) is 4.35. The number of halogens is 1. The Morgan fingerprint density at radius 1 is 1.21 bits per heavy atom. The molecule has 1 aromatic heterocycles. The van der Waals surface area contributed by atoms with E-state index in [4.69, 9.17) is 16.6 Å². The number of rotatable bonds is 3. The highest BCUT2D eigenvalue weighted by molar-refractivity contribution is 6.34. The SMILES string of the molecule is CC(=O)Nc1ccc(NC(=O)N2CCCC(c3nc4ccccc4[nH]3)C2)c(Cl)c1. The summed E-state index contributed by atoms with van der Waals surface area (Å²) in [6.07, 6.45) is 1.89. The van der Waals surface area contributed by atoms with E-state index in [1.165, 1.54) is 6.92 Å². The Balaban J connectivity index is 1.44. The van der Waals surface area contributed by atoms with Gasteiger partial charge in [-0.05, 0) is 43.2 Å². The molecule has 7 nitrogen and oxygen atoms in total. The van der Waals surface area contributed by atoms with Gasteiger partial charge >= 0.3 is 6.03 Å². The van der Waals surface area contributed by atoms with Crippen molar-refractivity contribution in [3.8, 4) is 0 Å². The molecule has 0 spiro atoms. The maximum absolute atomic E-state index is 12.8. The molecule has 1 unspecified atom stereocenters. The summed E-state index contributed by atoms with van der Waals surface area (Å²) in [4.78, 5) is 33.8. The van der Waals surface area contributed by atoms with E-state index in [9.17, 15) is 9.59 Å². The van der Waals surface area contributed by atoms with Crippen LogP contribution in [0.2, 0.25) is 5.02 Å². The van der Waals surface area contributed by atoms with Crippen LogP contribution in [0.25, 0.3) is 11.0 Å². The lowest BCUT2D eigenvalue weighted by Crippen LogP contribution is -2.41. The third-order valence-corrected chi connectivity index (χ3v) is 5.35. The minimum absolute atomic E-state index is 0.166. The highest BCUT2D eigenvalue weighted by Gasteiger charge is 2.27. The molecule has 0 saturated carbocycles. The molecule has 2 aromatic carbocycles. The Labute approximate surface area is 173 Å². The lowest BCUT2D eigenvalue weighted by Gasteiger charge is -2.32. The number of urea groups is 1. The predicted octanol–water partition coefficient (Wildman–Crippen LogP) is 4.59. The van der Waals surface area contributed by atoms with Crippen molar-refractivity contribution in [3.63, 3.8) is 0 Å². The zero-order chi connectivity index (χ0) is 20.4. The average molecular weight is 412 g/mol. The van der Waals surface area contributed by atoms with Crippen LogP contribution in [0.1, 0.15) is 31.5 Å². The number of benzene rings is 2. The zero-order valence-corrected chi connectivity index (χ0v) is 16.8. The van der Waals surface area contributed by atoms with E-state index in [0.717, 1.165) is 29.7 Å². The molecule has 3 amide bonds. The van der Waals surface area contributed by atoms with Gasteiger partial charge in [0.15, 0.2) is 0 Å². The van der Waals surface area contributed by atoms with Crippen LogP contribution in [0.15, 0.2) is 42.5 Å². The number of aromatic amines is 1. The number of nitrogens with zero attached hydrogens (tertiary/aromatic N) is 2. The summed E-state index contributed by atoms with van der Waals surface area (Å²) in [7, 11) is 0. The number of carbonyl (C=O) groups is 2. The molecule has 1 aliphatic rings. The van der Waals surface area contributed by atoms with E-state index in [1.54, 1.807) is 23.1 Å². The molecule has 0 radical (unpaired) electrons. The summed E-state index contributed by atoms with van der Waals surface area (Å²) in [6, 6.07) is 12.7. The number of likely N-dealkylation sites (tertiary alicyclic amines) is 1. The van der Waals surface area contributed by atoms with Crippen LogP contribution >= 0.6 is 11.6 Å². The number of H-pyrrole nitrogens is 1. The van der Waals surface area contributed by atoms with Crippen molar-refractivity contribution < 1.29 is 9.59 Å². The summed E-state index contributed by atoms with van der Waals surface area (Å²) in [5, 5.41) is 5.91. The fourth-order valence-electron chi connectivity index (χ4n) is 3.64. The fraction of sp³-hybridized carbons (Fsp3) is 0.286. The number of amides is 3. The van der Waals surface area contributed by atoms with Crippen molar-refractivity contribution in [2.75, 3.05) is 23.7 Å². The Morgan fingerprint density at radius 2 is 2.03 bits per heavy atom. The van der Waals surface area contributed by atoms with Gasteiger partial charge in [-0.15, -0.1) is 0 Å². The Kier molecular flexibility index (Phi) is 5.40. The second kappa shape index (κ2) is 8.13. The van der Waals surface area contributed by atoms with E-state index in [1.807, 2.05) is 24.3 Å². The summed E-state index contributed by atoms with van der Waals surface area (Å²) in [5.41, 5.74) is 3.05. The maximum atomic E-state index is 12.8. The van der Waals surface area contributed by atoms with Crippen molar-refractivity contribution in [1.29, 1.82) is 0 Å². The van der Waals surface area contributed by atoms with Crippen LogP contribution in [-0.4, -0.2) is 39.9 Å². The topological polar surface area (TPSA) is 90.1 Å². The van der Waals surface area contributed by atoms with Gasteiger partial charge < -0.3 is 20.5 Å². The first-order chi connectivity index (χ1) is 14.0. The number of hydrogen-bond donors (Lipinski definition) is 3. The molecule has 4 rings (SSSR count). The van der Waals surface area contributed by atoms with Crippen molar-refractivity contribution in [3.05, 3.63) is 53.3 Å². The normalized spacial score (nSPS) is 16.6. The lowest BCUT2D eigenvalue weighted by molar-refractivity contribution is -0.114. The highest BCUT2D eigenvalue weighted by atomic mass is 35.5. The van der Waals surface area contributed by atoms with E-state index < -0.39 is 0 Å². The monoisotopic (exact) mass is 411 g/mol. The number of nitrogens with one attached hydrogen (secondary N) is 3. The number of imidazole rings is 1. The first-order valence-electron chi connectivity index (χ1n) is 9.57. The van der Waals surface area contributed by atoms with Crippen LogP contribution in [0.4, 0.5) is 16.2 Å². The van der Waals surface area contributed by atoms with E-state index >= 15 is 0 Å². The molecule has 1 atom stereocenters.